The van der Waals surface area contributed by atoms with Crippen molar-refractivity contribution in [2.45, 2.75) is 19.4 Å². The molecule has 0 aromatic heterocycles. The molecule has 0 spiro atoms. The second kappa shape index (κ2) is 6.37. The molecule has 4 heteroatoms. The van der Waals surface area contributed by atoms with E-state index in [-0.39, 0.29) is 12.2 Å². The zero-order chi connectivity index (χ0) is 14.7. The Morgan fingerprint density at radius 3 is 2.65 bits per heavy atom. The minimum absolute atomic E-state index is 0.195. The molecule has 1 atom stereocenters. The Labute approximate surface area is 126 Å². The number of halogens is 2. The molecule has 0 radical (unpaired) electrons. The van der Waals surface area contributed by atoms with Crippen LogP contribution in [0.15, 0.2) is 40.9 Å². The van der Waals surface area contributed by atoms with Crippen LogP contribution < -0.4 is 4.74 Å². The first-order chi connectivity index (χ1) is 9.54. The fourth-order valence-electron chi connectivity index (χ4n) is 2.17. The van der Waals surface area contributed by atoms with Crippen molar-refractivity contribution in [3.8, 4) is 5.75 Å². The normalized spacial score (nSPS) is 12.2. The molecule has 0 saturated carbocycles. The predicted molar refractivity (Wildman–Crippen MR) is 80.5 cm³/mol. The van der Waals surface area contributed by atoms with Crippen LogP contribution in [0.1, 0.15) is 22.8 Å². The summed E-state index contributed by atoms with van der Waals surface area (Å²) in [6.07, 6.45) is -0.547. The highest BCUT2D eigenvalue weighted by molar-refractivity contribution is 9.10. The van der Waals surface area contributed by atoms with Gasteiger partial charge in [-0.25, -0.2) is 4.39 Å². The first-order valence-corrected chi connectivity index (χ1v) is 7.08. The first kappa shape index (κ1) is 15.0. The second-order valence-electron chi connectivity index (χ2n) is 4.61. The number of ether oxygens (including phenoxy) is 1. The molecule has 0 bridgehead atoms. The van der Waals surface area contributed by atoms with Crippen molar-refractivity contribution in [1.29, 1.82) is 0 Å². The maximum atomic E-state index is 14.1. The molecule has 0 amide bonds. The molecule has 0 aliphatic rings. The van der Waals surface area contributed by atoms with Gasteiger partial charge < -0.3 is 9.84 Å². The Kier molecular flexibility index (Phi) is 4.78. The van der Waals surface area contributed by atoms with Crippen molar-refractivity contribution in [2.24, 2.45) is 0 Å². The molecular weight excluding hydrogens is 323 g/mol. The fourth-order valence-corrected chi connectivity index (χ4v) is 2.56. The quantitative estimate of drug-likeness (QED) is 0.905. The zero-order valence-corrected chi connectivity index (χ0v) is 12.9. The highest BCUT2D eigenvalue weighted by Gasteiger charge is 2.16. The van der Waals surface area contributed by atoms with E-state index in [9.17, 15) is 9.50 Å². The van der Waals surface area contributed by atoms with Gasteiger partial charge in [0.25, 0.3) is 0 Å². The van der Waals surface area contributed by atoms with Gasteiger partial charge in [-0.15, -0.1) is 0 Å². The minimum atomic E-state index is -0.755. The molecule has 0 heterocycles. The van der Waals surface area contributed by atoms with Gasteiger partial charge in [0, 0.05) is 10.9 Å². The molecule has 1 N–H and O–H groups in total. The van der Waals surface area contributed by atoms with E-state index in [0.29, 0.717) is 5.56 Å². The monoisotopic (exact) mass is 338 g/mol. The van der Waals surface area contributed by atoms with Crippen molar-refractivity contribution >= 4 is 15.9 Å². The number of benzene rings is 2. The second-order valence-corrected chi connectivity index (χ2v) is 5.46. The number of hydrogen-bond acceptors (Lipinski definition) is 2. The molecule has 0 fully saturated rings. The van der Waals surface area contributed by atoms with E-state index in [4.69, 9.17) is 4.74 Å². The summed E-state index contributed by atoms with van der Waals surface area (Å²) in [6, 6.07) is 10.6. The van der Waals surface area contributed by atoms with Crippen LogP contribution in [-0.4, -0.2) is 12.2 Å². The molecule has 2 aromatic carbocycles. The molecule has 2 aromatic rings. The molecule has 2 nitrogen and oxygen atoms in total. The van der Waals surface area contributed by atoms with Crippen LogP contribution in [0.4, 0.5) is 4.39 Å². The van der Waals surface area contributed by atoms with E-state index < -0.39 is 11.9 Å². The van der Waals surface area contributed by atoms with Gasteiger partial charge in [0.05, 0.1) is 13.2 Å². The van der Waals surface area contributed by atoms with Crippen molar-refractivity contribution in [3.63, 3.8) is 0 Å². The van der Waals surface area contributed by atoms with E-state index in [0.717, 1.165) is 15.6 Å². The Morgan fingerprint density at radius 2 is 1.95 bits per heavy atom. The number of rotatable bonds is 4. The van der Waals surface area contributed by atoms with Gasteiger partial charge in [-0.2, -0.15) is 0 Å². The van der Waals surface area contributed by atoms with Crippen LogP contribution in [0.5, 0.6) is 5.75 Å². The molecule has 106 valence electrons. The standard InChI is InChI=1S/C16H16BrFO2/c1-10-12(6-4-7-13(10)17)14(19)9-11-5-3-8-15(20-2)16(11)18/h3-8,14,19H,9H2,1-2H3. The lowest BCUT2D eigenvalue weighted by Gasteiger charge is -2.16. The first-order valence-electron chi connectivity index (χ1n) is 6.29. The van der Waals surface area contributed by atoms with Gasteiger partial charge in [0.1, 0.15) is 0 Å². The van der Waals surface area contributed by atoms with E-state index >= 15 is 0 Å². The fraction of sp³-hybridized carbons (Fsp3) is 0.250. The summed E-state index contributed by atoms with van der Waals surface area (Å²) in [5.41, 5.74) is 2.20. The van der Waals surface area contributed by atoms with Gasteiger partial charge in [-0.1, -0.05) is 40.2 Å². The van der Waals surface area contributed by atoms with Crippen molar-refractivity contribution in [1.82, 2.24) is 0 Å². The molecular formula is C16H16BrFO2. The topological polar surface area (TPSA) is 29.5 Å². The maximum absolute atomic E-state index is 14.1. The average molecular weight is 339 g/mol. The third-order valence-corrected chi connectivity index (χ3v) is 4.20. The molecule has 1 unspecified atom stereocenters. The predicted octanol–water partition coefficient (Wildman–Crippen LogP) is 4.18. The van der Waals surface area contributed by atoms with Crippen molar-refractivity contribution in [3.05, 3.63) is 63.4 Å². The van der Waals surface area contributed by atoms with Gasteiger partial charge in [-0.3, -0.25) is 0 Å². The molecule has 0 aliphatic heterocycles. The number of hydrogen-bond donors (Lipinski definition) is 1. The molecule has 0 aliphatic carbocycles. The molecule has 0 saturated heterocycles. The third kappa shape index (κ3) is 3.02. The molecule has 2 rings (SSSR count). The number of aliphatic hydroxyl groups excluding tert-OH is 1. The Bertz CT molecular complexity index is 613. The third-order valence-electron chi connectivity index (χ3n) is 3.35. The van der Waals surface area contributed by atoms with Gasteiger partial charge in [0.2, 0.25) is 0 Å². The highest BCUT2D eigenvalue weighted by Crippen LogP contribution is 2.29. The number of methoxy groups -OCH3 is 1. The summed E-state index contributed by atoms with van der Waals surface area (Å²) < 4.78 is 20.0. The van der Waals surface area contributed by atoms with Crippen molar-refractivity contribution in [2.75, 3.05) is 7.11 Å². The van der Waals surface area contributed by atoms with E-state index in [2.05, 4.69) is 15.9 Å². The van der Waals surface area contributed by atoms with Gasteiger partial charge in [-0.05, 0) is 35.7 Å². The summed E-state index contributed by atoms with van der Waals surface area (Å²) >= 11 is 3.43. The van der Waals surface area contributed by atoms with Crippen LogP contribution in [0.3, 0.4) is 0 Å². The van der Waals surface area contributed by atoms with Crippen LogP contribution >= 0.6 is 15.9 Å². The van der Waals surface area contributed by atoms with Crippen LogP contribution in [0.2, 0.25) is 0 Å². The van der Waals surface area contributed by atoms with Gasteiger partial charge >= 0.3 is 0 Å². The van der Waals surface area contributed by atoms with Crippen LogP contribution in [0, 0.1) is 12.7 Å². The Morgan fingerprint density at radius 1 is 1.25 bits per heavy atom. The average Bonchev–Trinajstić information content (AvgIpc) is 2.44. The lowest BCUT2D eigenvalue weighted by Crippen LogP contribution is -2.06. The van der Waals surface area contributed by atoms with Crippen molar-refractivity contribution < 1.29 is 14.2 Å². The van der Waals surface area contributed by atoms with Gasteiger partial charge in [0.15, 0.2) is 11.6 Å². The smallest absolute Gasteiger partial charge is 0.168 e. The largest absolute Gasteiger partial charge is 0.494 e. The zero-order valence-electron chi connectivity index (χ0n) is 11.4. The summed E-state index contributed by atoms with van der Waals surface area (Å²) in [5.74, 6) is -0.220. The maximum Gasteiger partial charge on any atom is 0.168 e. The van der Waals surface area contributed by atoms with Crippen LogP contribution in [-0.2, 0) is 6.42 Å². The summed E-state index contributed by atoms with van der Waals surface area (Å²) in [6.45, 7) is 1.92. The summed E-state index contributed by atoms with van der Waals surface area (Å²) in [4.78, 5) is 0. The van der Waals surface area contributed by atoms with E-state index in [1.807, 2.05) is 25.1 Å². The summed E-state index contributed by atoms with van der Waals surface area (Å²) in [5, 5.41) is 10.3. The lowest BCUT2D eigenvalue weighted by molar-refractivity contribution is 0.176. The highest BCUT2D eigenvalue weighted by atomic mass is 79.9. The lowest BCUT2D eigenvalue weighted by atomic mass is 9.97. The van der Waals surface area contributed by atoms with Crippen LogP contribution in [0.25, 0.3) is 0 Å². The van der Waals surface area contributed by atoms with E-state index in [1.165, 1.54) is 7.11 Å². The minimum Gasteiger partial charge on any atom is -0.494 e. The Balaban J connectivity index is 2.28. The van der Waals surface area contributed by atoms with E-state index in [1.54, 1.807) is 18.2 Å². The number of aliphatic hydroxyl groups is 1. The summed E-state index contributed by atoms with van der Waals surface area (Å²) in [7, 11) is 1.43. The Hall–Kier alpha value is -1.39. The SMILES string of the molecule is COc1cccc(CC(O)c2cccc(Br)c2C)c1F. The molecule has 20 heavy (non-hydrogen) atoms.